The minimum atomic E-state index is 0.108. The average molecular weight is 287 g/mol. The fourth-order valence-electron chi connectivity index (χ4n) is 2.27. The van der Waals surface area contributed by atoms with Crippen molar-refractivity contribution in [3.8, 4) is 5.75 Å². The maximum Gasteiger partial charge on any atom is 0.119 e. The zero-order chi connectivity index (χ0) is 15.1. The van der Waals surface area contributed by atoms with Crippen molar-refractivity contribution in [1.29, 1.82) is 0 Å². The van der Waals surface area contributed by atoms with Gasteiger partial charge in [0.05, 0.1) is 18.3 Å². The van der Waals surface area contributed by atoms with Crippen molar-refractivity contribution in [2.24, 2.45) is 7.05 Å². The molecule has 0 fully saturated rings. The molecule has 2 aromatic rings. The van der Waals surface area contributed by atoms with Crippen LogP contribution in [-0.4, -0.2) is 22.9 Å². The first kappa shape index (κ1) is 15.6. The second-order valence-electron chi connectivity index (χ2n) is 5.22. The van der Waals surface area contributed by atoms with E-state index in [1.54, 1.807) is 0 Å². The van der Waals surface area contributed by atoms with E-state index >= 15 is 0 Å². The lowest BCUT2D eigenvalue weighted by Gasteiger charge is -2.18. The number of nitrogens with one attached hydrogen (secondary N) is 1. The van der Waals surface area contributed by atoms with Crippen molar-refractivity contribution >= 4 is 0 Å². The number of aryl methyl sites for hydroxylation is 1. The Kier molecular flexibility index (Phi) is 5.81. The molecule has 1 heterocycles. The Balaban J connectivity index is 2.23. The Bertz CT molecular complexity index is 550. The Morgan fingerprint density at radius 2 is 2.10 bits per heavy atom. The Morgan fingerprint density at radius 3 is 2.76 bits per heavy atom. The molecule has 4 heteroatoms. The molecule has 0 radical (unpaired) electrons. The van der Waals surface area contributed by atoms with Crippen LogP contribution in [0.15, 0.2) is 36.5 Å². The van der Waals surface area contributed by atoms with Crippen molar-refractivity contribution in [2.45, 2.75) is 32.7 Å². The Hall–Kier alpha value is -1.81. The van der Waals surface area contributed by atoms with Gasteiger partial charge in [-0.15, -0.1) is 0 Å². The largest absolute Gasteiger partial charge is 0.494 e. The fraction of sp³-hybridized carbons (Fsp3) is 0.471. The molecular formula is C17H25N3O. The number of ether oxygens (including phenoxy) is 1. The smallest absolute Gasteiger partial charge is 0.119 e. The van der Waals surface area contributed by atoms with Gasteiger partial charge >= 0.3 is 0 Å². The number of hydrogen-bond donors (Lipinski definition) is 1. The van der Waals surface area contributed by atoms with Gasteiger partial charge in [0.25, 0.3) is 0 Å². The molecular weight excluding hydrogens is 262 g/mol. The molecule has 4 nitrogen and oxygen atoms in total. The molecule has 0 aliphatic rings. The molecule has 2 rings (SSSR count). The minimum absolute atomic E-state index is 0.108. The molecule has 0 aliphatic heterocycles. The molecule has 114 valence electrons. The molecule has 1 aromatic heterocycles. The van der Waals surface area contributed by atoms with Crippen LogP contribution in [0.1, 0.15) is 44.0 Å². The van der Waals surface area contributed by atoms with Gasteiger partial charge in [-0.05, 0) is 43.1 Å². The van der Waals surface area contributed by atoms with Crippen LogP contribution < -0.4 is 10.1 Å². The summed E-state index contributed by atoms with van der Waals surface area (Å²) in [5, 5.41) is 8.11. The fourth-order valence-corrected chi connectivity index (χ4v) is 2.27. The van der Waals surface area contributed by atoms with Crippen molar-refractivity contribution in [3.63, 3.8) is 0 Å². The topological polar surface area (TPSA) is 39.1 Å². The van der Waals surface area contributed by atoms with Crippen LogP contribution in [-0.2, 0) is 7.05 Å². The zero-order valence-electron chi connectivity index (χ0n) is 13.2. The van der Waals surface area contributed by atoms with Gasteiger partial charge in [0.15, 0.2) is 0 Å². The summed E-state index contributed by atoms with van der Waals surface area (Å²) in [4.78, 5) is 0. The van der Waals surface area contributed by atoms with Gasteiger partial charge in [0.1, 0.15) is 5.75 Å². The van der Waals surface area contributed by atoms with E-state index in [1.807, 2.05) is 30.1 Å². The molecule has 0 saturated carbocycles. The van der Waals surface area contributed by atoms with Crippen LogP contribution in [0, 0.1) is 0 Å². The molecule has 21 heavy (non-hydrogen) atoms. The second-order valence-corrected chi connectivity index (χ2v) is 5.22. The molecule has 1 aromatic carbocycles. The average Bonchev–Trinajstić information content (AvgIpc) is 2.92. The Labute approximate surface area is 127 Å². The highest BCUT2D eigenvalue weighted by Crippen LogP contribution is 2.24. The van der Waals surface area contributed by atoms with Gasteiger partial charge in [0.2, 0.25) is 0 Å². The van der Waals surface area contributed by atoms with E-state index in [9.17, 15) is 0 Å². The maximum atomic E-state index is 5.74. The highest BCUT2D eigenvalue weighted by atomic mass is 16.5. The summed E-state index contributed by atoms with van der Waals surface area (Å²) in [5.74, 6) is 0.925. The first-order valence-electron chi connectivity index (χ1n) is 7.70. The van der Waals surface area contributed by atoms with Crippen LogP contribution in [0.2, 0.25) is 0 Å². The third-order valence-corrected chi connectivity index (χ3v) is 3.29. The Morgan fingerprint density at radius 1 is 1.24 bits per heavy atom. The number of hydrogen-bond acceptors (Lipinski definition) is 3. The van der Waals surface area contributed by atoms with Crippen molar-refractivity contribution in [3.05, 3.63) is 47.8 Å². The normalized spacial score (nSPS) is 12.3. The van der Waals surface area contributed by atoms with Crippen LogP contribution in [0.3, 0.4) is 0 Å². The van der Waals surface area contributed by atoms with E-state index in [-0.39, 0.29) is 6.04 Å². The number of nitrogens with zero attached hydrogens (tertiary/aromatic N) is 2. The lowest BCUT2D eigenvalue weighted by Crippen LogP contribution is -2.23. The van der Waals surface area contributed by atoms with E-state index in [2.05, 4.69) is 42.5 Å². The van der Waals surface area contributed by atoms with Gasteiger partial charge in [-0.25, -0.2) is 0 Å². The molecule has 0 spiro atoms. The highest BCUT2D eigenvalue weighted by molar-refractivity contribution is 5.34. The second kappa shape index (κ2) is 7.84. The predicted molar refractivity (Wildman–Crippen MR) is 85.6 cm³/mol. The quantitative estimate of drug-likeness (QED) is 0.809. The number of benzene rings is 1. The third-order valence-electron chi connectivity index (χ3n) is 3.29. The van der Waals surface area contributed by atoms with E-state index in [4.69, 9.17) is 4.74 Å². The van der Waals surface area contributed by atoms with Gasteiger partial charge in [-0.2, -0.15) is 5.10 Å². The molecule has 0 aliphatic carbocycles. The predicted octanol–water partition coefficient (Wildman–Crippen LogP) is 3.30. The van der Waals surface area contributed by atoms with Crippen LogP contribution in [0.4, 0.5) is 0 Å². The van der Waals surface area contributed by atoms with Crippen molar-refractivity contribution < 1.29 is 4.74 Å². The van der Waals surface area contributed by atoms with Gasteiger partial charge in [0, 0.05) is 13.2 Å². The summed E-state index contributed by atoms with van der Waals surface area (Å²) in [7, 11) is 1.95. The lowest BCUT2D eigenvalue weighted by atomic mass is 10.0. The first-order chi connectivity index (χ1) is 10.2. The first-order valence-corrected chi connectivity index (χ1v) is 7.70. The van der Waals surface area contributed by atoms with Gasteiger partial charge in [-0.1, -0.05) is 26.0 Å². The number of rotatable bonds is 8. The molecule has 0 saturated heterocycles. The van der Waals surface area contributed by atoms with Gasteiger partial charge < -0.3 is 10.1 Å². The standard InChI is InChI=1S/C17H25N3O/c1-4-10-18-17(16-9-11-20(3)19-16)14-7-6-8-15(13-14)21-12-5-2/h6-9,11,13,17-18H,4-5,10,12H2,1-3H3. The van der Waals surface area contributed by atoms with E-state index < -0.39 is 0 Å². The summed E-state index contributed by atoms with van der Waals surface area (Å²) in [6, 6.07) is 10.5. The van der Waals surface area contributed by atoms with Crippen molar-refractivity contribution in [2.75, 3.05) is 13.2 Å². The minimum Gasteiger partial charge on any atom is -0.494 e. The highest BCUT2D eigenvalue weighted by Gasteiger charge is 2.16. The summed E-state index contributed by atoms with van der Waals surface area (Å²) >= 11 is 0. The molecule has 0 bridgehead atoms. The summed E-state index contributed by atoms with van der Waals surface area (Å²) < 4.78 is 7.58. The lowest BCUT2D eigenvalue weighted by molar-refractivity contribution is 0.317. The summed E-state index contributed by atoms with van der Waals surface area (Å²) in [6.45, 7) is 5.99. The third kappa shape index (κ3) is 4.33. The summed E-state index contributed by atoms with van der Waals surface area (Å²) in [5.41, 5.74) is 2.23. The van der Waals surface area contributed by atoms with Crippen LogP contribution in [0.5, 0.6) is 5.75 Å². The van der Waals surface area contributed by atoms with E-state index in [1.165, 1.54) is 5.56 Å². The van der Waals surface area contributed by atoms with E-state index in [0.717, 1.165) is 37.4 Å². The number of aromatic nitrogens is 2. The van der Waals surface area contributed by atoms with Crippen molar-refractivity contribution in [1.82, 2.24) is 15.1 Å². The molecule has 0 amide bonds. The maximum absolute atomic E-state index is 5.74. The SMILES string of the molecule is CCCNC(c1cccc(OCCC)c1)c1ccn(C)n1. The molecule has 1 atom stereocenters. The molecule has 1 unspecified atom stereocenters. The monoisotopic (exact) mass is 287 g/mol. The van der Waals surface area contributed by atoms with Gasteiger partial charge in [-0.3, -0.25) is 4.68 Å². The zero-order valence-corrected chi connectivity index (χ0v) is 13.2. The van der Waals surface area contributed by atoms with E-state index in [0.29, 0.717) is 0 Å². The summed E-state index contributed by atoms with van der Waals surface area (Å²) in [6.07, 6.45) is 4.09. The van der Waals surface area contributed by atoms with Crippen LogP contribution in [0.25, 0.3) is 0 Å². The van der Waals surface area contributed by atoms with Crippen LogP contribution >= 0.6 is 0 Å². The molecule has 1 N–H and O–H groups in total.